The molecule has 1 heterocycles. The highest BCUT2D eigenvalue weighted by atomic mass is 32.2. The maximum atomic E-state index is 12.3. The number of amides is 1. The minimum absolute atomic E-state index is 0.115. The molecule has 0 aromatic heterocycles. The SMILES string of the molecule is CN(Cc1cccc(C#N)c1)C(=O)CCN=C1NS(=O)(=O)c2ccccc21. The molecule has 3 rings (SSSR count). The van der Waals surface area contributed by atoms with Crippen molar-refractivity contribution in [2.75, 3.05) is 13.6 Å². The Morgan fingerprint density at radius 3 is 2.78 bits per heavy atom. The Hall–Kier alpha value is -3.18. The fourth-order valence-corrected chi connectivity index (χ4v) is 4.06. The fraction of sp³-hybridized carbons (Fsp3) is 0.211. The maximum absolute atomic E-state index is 12.3. The Labute approximate surface area is 158 Å². The number of carbonyl (C=O) groups is 1. The first kappa shape index (κ1) is 18.6. The number of aliphatic imine (C=N–C) groups is 1. The third-order valence-electron chi connectivity index (χ3n) is 4.16. The second-order valence-corrected chi connectivity index (χ2v) is 7.79. The van der Waals surface area contributed by atoms with Crippen LogP contribution < -0.4 is 4.72 Å². The minimum Gasteiger partial charge on any atom is -0.341 e. The van der Waals surface area contributed by atoms with Crippen molar-refractivity contribution in [1.82, 2.24) is 9.62 Å². The zero-order valence-corrected chi connectivity index (χ0v) is 15.5. The zero-order chi connectivity index (χ0) is 19.4. The Kier molecular flexibility index (Phi) is 5.23. The number of hydrogen-bond acceptors (Lipinski definition) is 5. The number of hydrogen-bond donors (Lipinski definition) is 1. The predicted octanol–water partition coefficient (Wildman–Crippen LogP) is 1.65. The van der Waals surface area contributed by atoms with Gasteiger partial charge in [0.15, 0.2) is 0 Å². The number of rotatable bonds is 5. The number of amidine groups is 1. The molecule has 1 N–H and O–H groups in total. The van der Waals surface area contributed by atoms with Crippen LogP contribution >= 0.6 is 0 Å². The molecule has 1 aliphatic rings. The van der Waals surface area contributed by atoms with Crippen LogP contribution in [-0.4, -0.2) is 38.7 Å². The van der Waals surface area contributed by atoms with Gasteiger partial charge in [0.1, 0.15) is 5.84 Å². The van der Waals surface area contributed by atoms with Crippen LogP contribution in [0.25, 0.3) is 0 Å². The number of nitrogens with zero attached hydrogens (tertiary/aromatic N) is 3. The van der Waals surface area contributed by atoms with E-state index >= 15 is 0 Å². The van der Waals surface area contributed by atoms with Crippen LogP contribution in [-0.2, 0) is 21.4 Å². The van der Waals surface area contributed by atoms with Crippen LogP contribution in [0.4, 0.5) is 0 Å². The summed E-state index contributed by atoms with van der Waals surface area (Å²) in [5, 5.41) is 8.94. The van der Waals surface area contributed by atoms with Crippen LogP contribution in [0.1, 0.15) is 23.1 Å². The lowest BCUT2D eigenvalue weighted by molar-refractivity contribution is -0.130. The topological polar surface area (TPSA) is 103 Å². The first-order chi connectivity index (χ1) is 12.9. The summed E-state index contributed by atoms with van der Waals surface area (Å²) in [7, 11) is -1.89. The van der Waals surface area contributed by atoms with Crippen LogP contribution in [0.2, 0.25) is 0 Å². The molecular formula is C19H18N4O3S. The number of sulfonamides is 1. The van der Waals surface area contributed by atoms with Crippen LogP contribution in [0, 0.1) is 11.3 Å². The van der Waals surface area contributed by atoms with E-state index in [1.807, 2.05) is 6.07 Å². The van der Waals surface area contributed by atoms with E-state index in [2.05, 4.69) is 15.8 Å². The molecular weight excluding hydrogens is 364 g/mol. The van der Waals surface area contributed by atoms with Crippen molar-refractivity contribution in [1.29, 1.82) is 5.26 Å². The molecule has 138 valence electrons. The second kappa shape index (κ2) is 7.60. The monoisotopic (exact) mass is 382 g/mol. The summed E-state index contributed by atoms with van der Waals surface area (Å²) < 4.78 is 26.5. The molecule has 0 saturated carbocycles. The number of nitriles is 1. The molecule has 27 heavy (non-hydrogen) atoms. The Balaban J connectivity index is 1.61. The summed E-state index contributed by atoms with van der Waals surface area (Å²) in [6, 6.07) is 15.8. The summed E-state index contributed by atoms with van der Waals surface area (Å²) in [4.78, 5) is 18.3. The predicted molar refractivity (Wildman–Crippen MR) is 100 cm³/mol. The van der Waals surface area contributed by atoms with Crippen molar-refractivity contribution in [2.45, 2.75) is 17.9 Å². The zero-order valence-electron chi connectivity index (χ0n) is 14.7. The molecule has 0 aliphatic carbocycles. The summed E-state index contributed by atoms with van der Waals surface area (Å²) in [6.45, 7) is 0.563. The minimum atomic E-state index is -3.57. The molecule has 0 spiro atoms. The lowest BCUT2D eigenvalue weighted by Gasteiger charge is -2.17. The molecule has 7 nitrogen and oxygen atoms in total. The van der Waals surface area contributed by atoms with Gasteiger partial charge >= 0.3 is 0 Å². The lowest BCUT2D eigenvalue weighted by atomic mass is 10.1. The van der Waals surface area contributed by atoms with Gasteiger partial charge in [0.05, 0.1) is 23.1 Å². The van der Waals surface area contributed by atoms with Crippen molar-refractivity contribution in [3.05, 3.63) is 65.2 Å². The third kappa shape index (κ3) is 4.15. The van der Waals surface area contributed by atoms with Gasteiger partial charge in [0.2, 0.25) is 5.91 Å². The summed E-state index contributed by atoms with van der Waals surface area (Å²) in [6.07, 6.45) is 0.155. The van der Waals surface area contributed by atoms with Crippen LogP contribution in [0.5, 0.6) is 0 Å². The third-order valence-corrected chi connectivity index (χ3v) is 5.56. The Bertz CT molecular complexity index is 1050. The highest BCUT2D eigenvalue weighted by Crippen LogP contribution is 2.22. The van der Waals surface area contributed by atoms with E-state index in [9.17, 15) is 13.2 Å². The van der Waals surface area contributed by atoms with Crippen LogP contribution in [0.3, 0.4) is 0 Å². The first-order valence-corrected chi connectivity index (χ1v) is 9.79. The van der Waals surface area contributed by atoms with Crippen molar-refractivity contribution in [2.24, 2.45) is 4.99 Å². The largest absolute Gasteiger partial charge is 0.341 e. The smallest absolute Gasteiger partial charge is 0.263 e. The molecule has 0 radical (unpaired) electrons. The average molecular weight is 382 g/mol. The number of fused-ring (bicyclic) bond motifs is 1. The van der Waals surface area contributed by atoms with Gasteiger partial charge in [-0.1, -0.05) is 24.3 Å². The van der Waals surface area contributed by atoms with E-state index in [4.69, 9.17) is 5.26 Å². The van der Waals surface area contributed by atoms with Crippen molar-refractivity contribution < 1.29 is 13.2 Å². The summed E-state index contributed by atoms with van der Waals surface area (Å²) >= 11 is 0. The van der Waals surface area contributed by atoms with E-state index in [0.717, 1.165) is 5.56 Å². The average Bonchev–Trinajstić information content (AvgIpc) is 2.92. The molecule has 1 amide bonds. The van der Waals surface area contributed by atoms with E-state index in [1.165, 1.54) is 6.07 Å². The van der Waals surface area contributed by atoms with Gasteiger partial charge in [-0.15, -0.1) is 0 Å². The summed E-state index contributed by atoms with van der Waals surface area (Å²) in [5.41, 5.74) is 1.94. The first-order valence-electron chi connectivity index (χ1n) is 8.30. The van der Waals surface area contributed by atoms with Gasteiger partial charge in [0, 0.05) is 25.6 Å². The van der Waals surface area contributed by atoms with E-state index < -0.39 is 10.0 Å². The maximum Gasteiger partial charge on any atom is 0.263 e. The molecule has 0 atom stereocenters. The fourth-order valence-electron chi connectivity index (χ4n) is 2.81. The number of carbonyl (C=O) groups excluding carboxylic acids is 1. The second-order valence-electron chi connectivity index (χ2n) is 6.14. The molecule has 2 aromatic rings. The molecule has 0 fully saturated rings. The van der Waals surface area contributed by atoms with Crippen molar-refractivity contribution in [3.63, 3.8) is 0 Å². The van der Waals surface area contributed by atoms with Crippen molar-refractivity contribution in [3.8, 4) is 6.07 Å². The number of benzene rings is 2. The normalized spacial score (nSPS) is 15.6. The van der Waals surface area contributed by atoms with Crippen LogP contribution in [0.15, 0.2) is 58.4 Å². The molecule has 0 saturated heterocycles. The van der Waals surface area contributed by atoms with Gasteiger partial charge in [-0.25, -0.2) is 8.42 Å². The molecule has 0 bridgehead atoms. The molecule has 1 aliphatic heterocycles. The van der Waals surface area contributed by atoms with Crippen molar-refractivity contribution >= 4 is 21.8 Å². The number of nitrogens with one attached hydrogen (secondary N) is 1. The van der Waals surface area contributed by atoms with E-state index in [1.54, 1.807) is 48.3 Å². The Morgan fingerprint density at radius 1 is 1.22 bits per heavy atom. The molecule has 8 heteroatoms. The van der Waals surface area contributed by atoms with E-state index in [-0.39, 0.29) is 29.6 Å². The standard InChI is InChI=1S/C19H18N4O3S/c1-23(13-15-6-4-5-14(11-15)12-20)18(24)9-10-21-19-16-7-2-3-8-17(16)27(25,26)22-19/h2-8,11H,9-10,13H2,1H3,(H,21,22). The van der Waals surface area contributed by atoms with Gasteiger partial charge in [-0.2, -0.15) is 5.26 Å². The highest BCUT2D eigenvalue weighted by Gasteiger charge is 2.29. The van der Waals surface area contributed by atoms with Gasteiger partial charge in [-0.05, 0) is 29.8 Å². The molecule has 0 unspecified atom stereocenters. The van der Waals surface area contributed by atoms with E-state index in [0.29, 0.717) is 17.7 Å². The Morgan fingerprint density at radius 2 is 2.00 bits per heavy atom. The highest BCUT2D eigenvalue weighted by molar-refractivity contribution is 7.90. The van der Waals surface area contributed by atoms with Gasteiger partial charge in [0.25, 0.3) is 10.0 Å². The lowest BCUT2D eigenvalue weighted by Crippen LogP contribution is -2.27. The summed E-state index contributed by atoms with van der Waals surface area (Å²) in [5.74, 6) is 0.152. The van der Waals surface area contributed by atoms with Gasteiger partial charge < -0.3 is 4.90 Å². The quantitative estimate of drug-likeness (QED) is 0.849. The molecule has 2 aromatic carbocycles. The van der Waals surface area contributed by atoms with Gasteiger partial charge in [-0.3, -0.25) is 14.5 Å².